The van der Waals surface area contributed by atoms with Gasteiger partial charge in [-0.2, -0.15) is 0 Å². The smallest absolute Gasteiger partial charge is 0.417 e. The van der Waals surface area contributed by atoms with Crippen molar-refractivity contribution in [2.45, 2.75) is 31.9 Å². The number of benzene rings is 1. The van der Waals surface area contributed by atoms with Gasteiger partial charge in [0.1, 0.15) is 0 Å². The molecular weight excluding hydrogens is 362 g/mol. The fourth-order valence-corrected chi connectivity index (χ4v) is 4.01. The van der Waals surface area contributed by atoms with Gasteiger partial charge in [0.15, 0.2) is 6.23 Å². The van der Waals surface area contributed by atoms with Crippen molar-refractivity contribution < 1.29 is 19.1 Å². The average molecular weight is 380 g/mol. The normalized spacial score (nSPS) is 25.7. The van der Waals surface area contributed by atoms with Crippen molar-refractivity contribution in [2.24, 2.45) is 5.41 Å². The van der Waals surface area contributed by atoms with Crippen LogP contribution in [-0.2, 0) is 19.7 Å². The van der Waals surface area contributed by atoms with E-state index < -0.39 is 23.2 Å². The van der Waals surface area contributed by atoms with Crippen molar-refractivity contribution in [2.75, 3.05) is 12.0 Å². The van der Waals surface area contributed by atoms with Crippen LogP contribution in [-0.4, -0.2) is 25.4 Å². The number of amides is 1. The zero-order chi connectivity index (χ0) is 17.0. The van der Waals surface area contributed by atoms with Crippen molar-refractivity contribution in [3.63, 3.8) is 0 Å². The van der Waals surface area contributed by atoms with Crippen LogP contribution < -0.4 is 4.90 Å². The molecule has 1 fully saturated rings. The van der Waals surface area contributed by atoms with Crippen molar-refractivity contribution in [1.29, 1.82) is 0 Å². The minimum atomic E-state index is -0.736. The lowest BCUT2D eigenvalue weighted by molar-refractivity contribution is -0.141. The van der Waals surface area contributed by atoms with Crippen LogP contribution in [0.1, 0.15) is 25.8 Å². The van der Waals surface area contributed by atoms with Crippen LogP contribution in [0.5, 0.6) is 0 Å². The summed E-state index contributed by atoms with van der Waals surface area (Å²) in [5.41, 5.74) is 0.441. The number of nitrogens with zero attached hydrogens (tertiary/aromatic N) is 1. The van der Waals surface area contributed by atoms with Gasteiger partial charge >= 0.3 is 12.1 Å². The van der Waals surface area contributed by atoms with Crippen molar-refractivity contribution in [3.05, 3.63) is 40.9 Å². The summed E-state index contributed by atoms with van der Waals surface area (Å²) in [6.45, 7) is 7.93. The van der Waals surface area contributed by atoms with E-state index >= 15 is 0 Å². The average Bonchev–Trinajstić information content (AvgIpc) is 2.97. The molecule has 0 bridgehead atoms. The molecule has 2 aliphatic rings. The number of rotatable bonds is 2. The van der Waals surface area contributed by atoms with Gasteiger partial charge in [-0.3, -0.25) is 4.79 Å². The first kappa shape index (κ1) is 16.1. The fourth-order valence-electron chi connectivity index (χ4n) is 3.66. The summed E-state index contributed by atoms with van der Waals surface area (Å²) >= 11 is 3.43. The number of allylic oxidation sites excluding steroid dienone is 1. The first-order valence-electron chi connectivity index (χ1n) is 7.29. The van der Waals surface area contributed by atoms with Crippen molar-refractivity contribution >= 4 is 33.7 Å². The van der Waals surface area contributed by atoms with Crippen LogP contribution in [0.15, 0.2) is 35.3 Å². The third-order valence-electron chi connectivity index (χ3n) is 5.05. The predicted octanol–water partition coefficient (Wildman–Crippen LogP) is 3.76. The molecule has 1 amide bonds. The van der Waals surface area contributed by atoms with E-state index in [1.807, 2.05) is 38.1 Å². The van der Waals surface area contributed by atoms with Crippen LogP contribution in [0.4, 0.5) is 10.5 Å². The maximum atomic E-state index is 12.4. The molecular formula is C17H18BrNO4. The molecule has 3 rings (SSSR count). The molecule has 1 aromatic carbocycles. The number of halogens is 1. The van der Waals surface area contributed by atoms with E-state index in [1.165, 1.54) is 12.0 Å². The maximum absolute atomic E-state index is 12.4. The molecule has 5 nitrogen and oxygen atoms in total. The summed E-state index contributed by atoms with van der Waals surface area (Å²) in [6.07, 6.45) is 0.721. The minimum absolute atomic E-state index is 0.193. The second kappa shape index (κ2) is 5.09. The van der Waals surface area contributed by atoms with Gasteiger partial charge in [-0.05, 0) is 23.1 Å². The summed E-state index contributed by atoms with van der Waals surface area (Å²) in [6, 6.07) is 5.68. The van der Waals surface area contributed by atoms with E-state index in [0.29, 0.717) is 5.69 Å². The highest BCUT2D eigenvalue weighted by Gasteiger charge is 2.66. The number of esters is 1. The largest absolute Gasteiger partial charge is 0.452 e. The molecule has 1 saturated heterocycles. The lowest BCUT2D eigenvalue weighted by Gasteiger charge is -2.41. The monoisotopic (exact) mass is 379 g/mol. The second-order valence-corrected chi connectivity index (χ2v) is 7.33. The van der Waals surface area contributed by atoms with Gasteiger partial charge in [-0.25, -0.2) is 9.69 Å². The van der Waals surface area contributed by atoms with Crippen LogP contribution in [0.2, 0.25) is 0 Å². The fraction of sp³-hybridized carbons (Fsp3) is 0.412. The number of hydrogen-bond acceptors (Lipinski definition) is 4. The van der Waals surface area contributed by atoms with Gasteiger partial charge in [0.05, 0.1) is 24.6 Å². The van der Waals surface area contributed by atoms with Crippen LogP contribution >= 0.6 is 15.9 Å². The Hall–Kier alpha value is -1.82. The number of anilines is 1. The summed E-state index contributed by atoms with van der Waals surface area (Å²) < 4.78 is 11.3. The second-order valence-electron chi connectivity index (χ2n) is 6.42. The molecule has 0 aliphatic carbocycles. The first-order valence-corrected chi connectivity index (χ1v) is 8.08. The molecule has 6 heteroatoms. The molecule has 0 aromatic heterocycles. The minimum Gasteiger partial charge on any atom is -0.452 e. The molecule has 23 heavy (non-hydrogen) atoms. The predicted molar refractivity (Wildman–Crippen MR) is 89.2 cm³/mol. The Balaban J connectivity index is 2.32. The van der Waals surface area contributed by atoms with Crippen molar-refractivity contribution in [1.82, 2.24) is 0 Å². The van der Waals surface area contributed by atoms with Gasteiger partial charge in [0.25, 0.3) is 0 Å². The highest BCUT2D eigenvalue weighted by Crippen LogP contribution is 2.60. The van der Waals surface area contributed by atoms with Crippen molar-refractivity contribution in [3.8, 4) is 0 Å². The SMILES string of the molecule is C=CC(C)(C)C12CC(=O)OC1N(C(=O)OC)c1cc(Br)ccc12. The van der Waals surface area contributed by atoms with Gasteiger partial charge in [-0.1, -0.05) is 41.9 Å². The molecule has 0 radical (unpaired) electrons. The van der Waals surface area contributed by atoms with E-state index in [2.05, 4.69) is 22.5 Å². The lowest BCUT2D eigenvalue weighted by Crippen LogP contribution is -2.51. The summed E-state index contributed by atoms with van der Waals surface area (Å²) in [5.74, 6) is -0.326. The van der Waals surface area contributed by atoms with E-state index in [1.54, 1.807) is 0 Å². The third kappa shape index (κ3) is 1.97. The quantitative estimate of drug-likeness (QED) is 0.579. The summed E-state index contributed by atoms with van der Waals surface area (Å²) in [5, 5.41) is 0. The zero-order valence-electron chi connectivity index (χ0n) is 13.3. The Morgan fingerprint density at radius 1 is 1.57 bits per heavy atom. The van der Waals surface area contributed by atoms with Crippen LogP contribution in [0, 0.1) is 5.41 Å². The number of fused-ring (bicyclic) bond motifs is 3. The van der Waals surface area contributed by atoms with E-state index in [4.69, 9.17) is 9.47 Å². The summed E-state index contributed by atoms with van der Waals surface area (Å²) in [4.78, 5) is 25.9. The van der Waals surface area contributed by atoms with E-state index in [0.717, 1.165) is 10.0 Å². The Morgan fingerprint density at radius 2 is 2.26 bits per heavy atom. The molecule has 2 atom stereocenters. The first-order chi connectivity index (χ1) is 10.8. The third-order valence-corrected chi connectivity index (χ3v) is 5.55. The molecule has 0 spiro atoms. The molecule has 122 valence electrons. The standard InChI is InChI=1S/C17H18BrNO4/c1-5-16(2,3)17-9-13(20)23-14(17)19(15(21)22-4)12-8-10(18)6-7-11(12)17/h5-8,14H,1,9H2,2-4H3. The Morgan fingerprint density at radius 3 is 2.87 bits per heavy atom. The number of carbonyl (C=O) groups excluding carboxylic acids is 2. The van der Waals surface area contributed by atoms with Gasteiger partial charge in [-0.15, -0.1) is 6.58 Å². The summed E-state index contributed by atoms with van der Waals surface area (Å²) in [7, 11) is 1.31. The lowest BCUT2D eigenvalue weighted by atomic mass is 9.61. The highest BCUT2D eigenvalue weighted by atomic mass is 79.9. The van der Waals surface area contributed by atoms with Gasteiger partial charge in [0.2, 0.25) is 0 Å². The van der Waals surface area contributed by atoms with Gasteiger partial charge < -0.3 is 9.47 Å². The number of ether oxygens (including phenoxy) is 2. The van der Waals surface area contributed by atoms with Crippen LogP contribution in [0.25, 0.3) is 0 Å². The molecule has 2 heterocycles. The zero-order valence-corrected chi connectivity index (χ0v) is 14.8. The molecule has 0 N–H and O–H groups in total. The topological polar surface area (TPSA) is 55.8 Å². The number of hydrogen-bond donors (Lipinski definition) is 0. The Labute approximate surface area is 143 Å². The van der Waals surface area contributed by atoms with Crippen LogP contribution in [0.3, 0.4) is 0 Å². The van der Waals surface area contributed by atoms with E-state index in [9.17, 15) is 9.59 Å². The number of carbonyl (C=O) groups is 2. The molecule has 2 aliphatic heterocycles. The number of methoxy groups -OCH3 is 1. The molecule has 2 unspecified atom stereocenters. The Bertz CT molecular complexity index is 715. The van der Waals surface area contributed by atoms with E-state index in [-0.39, 0.29) is 12.4 Å². The maximum Gasteiger partial charge on any atom is 0.417 e. The van der Waals surface area contributed by atoms with Gasteiger partial charge in [0, 0.05) is 4.47 Å². The Kier molecular flexibility index (Phi) is 3.55. The molecule has 1 aromatic rings. The molecule has 0 saturated carbocycles. The highest BCUT2D eigenvalue weighted by molar-refractivity contribution is 9.10.